The minimum absolute atomic E-state index is 0.437. The highest BCUT2D eigenvalue weighted by atomic mass is 16.6. The van der Waals surface area contributed by atoms with Gasteiger partial charge in [-0.1, -0.05) is 97.1 Å². The largest absolute Gasteiger partial charge is 0.377 e. The number of hydrogen-bond acceptors (Lipinski definition) is 5. The summed E-state index contributed by atoms with van der Waals surface area (Å²) in [7, 11) is 0. The van der Waals surface area contributed by atoms with Gasteiger partial charge in [-0.25, -0.2) is 0 Å². The van der Waals surface area contributed by atoms with Crippen molar-refractivity contribution >= 4 is 0 Å². The van der Waals surface area contributed by atoms with Crippen molar-refractivity contribution in [2.45, 2.75) is 5.60 Å². The van der Waals surface area contributed by atoms with E-state index in [9.17, 15) is 0 Å². The first-order chi connectivity index (χ1) is 17.4. The Hall–Kier alpha value is -2.80. The molecule has 3 rings (SSSR count). The van der Waals surface area contributed by atoms with Crippen LogP contribution in [-0.4, -0.2) is 59.5 Å². The molecular weight excluding hydrogens is 440 g/mol. The summed E-state index contributed by atoms with van der Waals surface area (Å²) in [6.45, 7) is 8.24. The van der Waals surface area contributed by atoms with Gasteiger partial charge in [-0.15, -0.1) is 6.58 Å². The fourth-order valence-corrected chi connectivity index (χ4v) is 3.85. The molecule has 5 heteroatoms. The van der Waals surface area contributed by atoms with Crippen molar-refractivity contribution in [1.29, 1.82) is 0 Å². The Labute approximate surface area is 209 Å². The molecule has 0 spiro atoms. The van der Waals surface area contributed by atoms with Gasteiger partial charge in [-0.2, -0.15) is 0 Å². The third kappa shape index (κ3) is 8.42. The van der Waals surface area contributed by atoms with Crippen LogP contribution in [0.3, 0.4) is 0 Å². The molecule has 186 valence electrons. The minimum atomic E-state index is -0.726. The molecule has 0 aliphatic carbocycles. The molecule has 3 aromatic rings. The second-order valence-corrected chi connectivity index (χ2v) is 7.83. The number of ether oxygens (including phenoxy) is 5. The van der Waals surface area contributed by atoms with Crippen LogP contribution in [0.15, 0.2) is 104 Å². The molecule has 0 N–H and O–H groups in total. The summed E-state index contributed by atoms with van der Waals surface area (Å²) in [6.07, 6.45) is 1.72. The number of rotatable bonds is 18. The molecule has 0 unspecified atom stereocenters. The third-order valence-corrected chi connectivity index (χ3v) is 5.44. The van der Waals surface area contributed by atoms with E-state index in [1.54, 1.807) is 6.08 Å². The average molecular weight is 477 g/mol. The highest BCUT2D eigenvalue weighted by Gasteiger charge is 2.37. The van der Waals surface area contributed by atoms with Crippen molar-refractivity contribution in [3.63, 3.8) is 0 Å². The maximum absolute atomic E-state index is 6.68. The molecule has 3 aromatic carbocycles. The van der Waals surface area contributed by atoms with E-state index in [2.05, 4.69) is 43.0 Å². The normalized spacial score (nSPS) is 11.4. The van der Waals surface area contributed by atoms with Crippen LogP contribution in [0.5, 0.6) is 0 Å². The smallest absolute Gasteiger partial charge is 0.143 e. The van der Waals surface area contributed by atoms with Crippen LogP contribution >= 0.6 is 0 Å². The van der Waals surface area contributed by atoms with E-state index < -0.39 is 5.60 Å². The Morgan fingerprint density at radius 1 is 0.486 bits per heavy atom. The van der Waals surface area contributed by atoms with Gasteiger partial charge < -0.3 is 23.7 Å². The molecule has 0 radical (unpaired) electrons. The lowest BCUT2D eigenvalue weighted by molar-refractivity contribution is -0.0381. The van der Waals surface area contributed by atoms with E-state index in [-0.39, 0.29) is 0 Å². The first-order valence-electron chi connectivity index (χ1n) is 12.1. The van der Waals surface area contributed by atoms with Gasteiger partial charge in [0.1, 0.15) is 5.60 Å². The zero-order valence-electron chi connectivity index (χ0n) is 20.3. The molecule has 0 fully saturated rings. The summed E-state index contributed by atoms with van der Waals surface area (Å²) in [5, 5.41) is 0. The second-order valence-electron chi connectivity index (χ2n) is 7.83. The Kier molecular flexibility index (Phi) is 12.2. The fraction of sp³-hybridized carbons (Fsp3) is 0.333. The van der Waals surface area contributed by atoms with Crippen molar-refractivity contribution < 1.29 is 23.7 Å². The molecule has 0 aromatic heterocycles. The fourth-order valence-electron chi connectivity index (χ4n) is 3.85. The maximum Gasteiger partial charge on any atom is 0.143 e. The van der Waals surface area contributed by atoms with Gasteiger partial charge >= 0.3 is 0 Å². The molecule has 0 amide bonds. The molecular formula is C30H36O5. The summed E-state index contributed by atoms with van der Waals surface area (Å²) in [4.78, 5) is 0. The highest BCUT2D eigenvalue weighted by molar-refractivity contribution is 5.47. The van der Waals surface area contributed by atoms with Crippen LogP contribution in [0.2, 0.25) is 0 Å². The van der Waals surface area contributed by atoms with Gasteiger partial charge in [-0.05, 0) is 16.7 Å². The predicted molar refractivity (Wildman–Crippen MR) is 139 cm³/mol. The van der Waals surface area contributed by atoms with Gasteiger partial charge in [0.25, 0.3) is 0 Å². The molecule has 35 heavy (non-hydrogen) atoms. The predicted octanol–water partition coefficient (Wildman–Crippen LogP) is 5.25. The quantitative estimate of drug-likeness (QED) is 0.143. The summed E-state index contributed by atoms with van der Waals surface area (Å²) < 4.78 is 28.7. The average Bonchev–Trinajstić information content (AvgIpc) is 2.93. The first kappa shape index (κ1) is 26.8. The van der Waals surface area contributed by atoms with E-state index in [4.69, 9.17) is 23.7 Å². The molecule has 0 heterocycles. The lowest BCUT2D eigenvalue weighted by Gasteiger charge is -2.36. The molecule has 0 bridgehead atoms. The van der Waals surface area contributed by atoms with E-state index in [1.807, 2.05) is 54.6 Å². The summed E-state index contributed by atoms with van der Waals surface area (Å²) in [6, 6.07) is 31.0. The van der Waals surface area contributed by atoms with E-state index in [0.29, 0.717) is 59.5 Å². The third-order valence-electron chi connectivity index (χ3n) is 5.44. The van der Waals surface area contributed by atoms with E-state index in [1.165, 1.54) is 0 Å². The van der Waals surface area contributed by atoms with Gasteiger partial charge in [-0.3, -0.25) is 0 Å². The number of benzene rings is 3. The zero-order chi connectivity index (χ0) is 24.4. The monoisotopic (exact) mass is 476 g/mol. The maximum atomic E-state index is 6.68. The number of hydrogen-bond donors (Lipinski definition) is 0. The first-order valence-corrected chi connectivity index (χ1v) is 12.1. The minimum Gasteiger partial charge on any atom is -0.377 e. The van der Waals surface area contributed by atoms with Gasteiger partial charge in [0, 0.05) is 0 Å². The lowest BCUT2D eigenvalue weighted by atomic mass is 9.80. The molecule has 0 aliphatic rings. The van der Waals surface area contributed by atoms with Crippen molar-refractivity contribution in [2.24, 2.45) is 0 Å². The Balaban J connectivity index is 1.50. The van der Waals surface area contributed by atoms with Crippen LogP contribution in [0, 0.1) is 0 Å². The lowest BCUT2D eigenvalue weighted by Crippen LogP contribution is -2.34. The summed E-state index contributed by atoms with van der Waals surface area (Å²) >= 11 is 0. The van der Waals surface area contributed by atoms with E-state index >= 15 is 0 Å². The topological polar surface area (TPSA) is 46.2 Å². The SMILES string of the molecule is C=CCOCCOCCOCCOCCOC(c1ccccc1)(c1ccccc1)c1ccccc1. The Morgan fingerprint density at radius 2 is 0.829 bits per heavy atom. The summed E-state index contributed by atoms with van der Waals surface area (Å²) in [5.74, 6) is 0. The molecule has 0 saturated heterocycles. The van der Waals surface area contributed by atoms with E-state index in [0.717, 1.165) is 16.7 Å². The van der Waals surface area contributed by atoms with Crippen LogP contribution in [0.25, 0.3) is 0 Å². The van der Waals surface area contributed by atoms with Gasteiger partial charge in [0.05, 0.1) is 59.5 Å². The van der Waals surface area contributed by atoms with Gasteiger partial charge in [0.15, 0.2) is 0 Å². The summed E-state index contributed by atoms with van der Waals surface area (Å²) in [5.41, 5.74) is 2.51. The Bertz CT molecular complexity index is 834. The van der Waals surface area contributed by atoms with Crippen LogP contribution in [0.1, 0.15) is 16.7 Å². The molecule has 0 atom stereocenters. The van der Waals surface area contributed by atoms with Crippen LogP contribution in [-0.2, 0) is 29.3 Å². The van der Waals surface area contributed by atoms with Crippen molar-refractivity contribution in [3.8, 4) is 0 Å². The molecule has 5 nitrogen and oxygen atoms in total. The standard InChI is InChI=1S/C30H36O5/c1-2-18-31-19-20-32-21-22-33-23-24-34-25-26-35-30(27-12-6-3-7-13-27,28-14-8-4-9-15-28)29-16-10-5-11-17-29/h2-17H,1,18-26H2. The van der Waals surface area contributed by atoms with Crippen LogP contribution in [0.4, 0.5) is 0 Å². The van der Waals surface area contributed by atoms with Crippen molar-refractivity contribution in [2.75, 3.05) is 59.5 Å². The van der Waals surface area contributed by atoms with Crippen molar-refractivity contribution in [1.82, 2.24) is 0 Å². The Morgan fingerprint density at radius 3 is 1.20 bits per heavy atom. The van der Waals surface area contributed by atoms with Crippen LogP contribution < -0.4 is 0 Å². The van der Waals surface area contributed by atoms with Crippen molar-refractivity contribution in [3.05, 3.63) is 120 Å². The molecule has 0 aliphatic heterocycles. The highest BCUT2D eigenvalue weighted by Crippen LogP contribution is 2.40. The zero-order valence-corrected chi connectivity index (χ0v) is 20.3. The molecule has 0 saturated carbocycles. The van der Waals surface area contributed by atoms with Gasteiger partial charge in [0.2, 0.25) is 0 Å². The second kappa shape index (κ2) is 16.0.